The Kier molecular flexibility index (Phi) is 6.10. The van der Waals surface area contributed by atoms with Gasteiger partial charge in [0.2, 0.25) is 6.29 Å². The van der Waals surface area contributed by atoms with E-state index in [2.05, 4.69) is 0 Å². The summed E-state index contributed by atoms with van der Waals surface area (Å²) in [5.74, 6) is -2.00. The van der Waals surface area contributed by atoms with Gasteiger partial charge in [-0.05, 0) is 12.1 Å². The molecule has 1 aromatic rings. The van der Waals surface area contributed by atoms with Crippen molar-refractivity contribution in [3.8, 4) is 5.75 Å². The number of ether oxygens (including phenoxy) is 3. The summed E-state index contributed by atoms with van der Waals surface area (Å²) in [6.45, 7) is -0.494. The molecular formula is C15H18O9. The van der Waals surface area contributed by atoms with Gasteiger partial charge in [0.15, 0.2) is 0 Å². The number of hydrogen-bond donors (Lipinski definition) is 4. The fourth-order valence-electron chi connectivity index (χ4n) is 2.13. The number of aliphatic carboxylic acids is 1. The lowest BCUT2D eigenvalue weighted by Crippen LogP contribution is -2.60. The first-order valence-electron chi connectivity index (χ1n) is 7.17. The van der Waals surface area contributed by atoms with Gasteiger partial charge in [0, 0.05) is 0 Å². The third-order valence-electron chi connectivity index (χ3n) is 3.37. The standard InChI is InChI=1S/C15H18O9/c16-10(17)6-11(18)22-7-9-12(19)13(20)14(21)15(24-9)23-8-4-2-1-3-5-8/h1-5,9,12-15,19-21H,6-7H2,(H,16,17)/t9-,12-,13+,14-,15-/m1/s1. The number of aliphatic hydroxyl groups is 3. The summed E-state index contributed by atoms with van der Waals surface area (Å²) < 4.78 is 15.4. The van der Waals surface area contributed by atoms with Gasteiger partial charge in [-0.3, -0.25) is 9.59 Å². The first kappa shape index (κ1) is 18.1. The van der Waals surface area contributed by atoms with Crippen LogP contribution in [-0.4, -0.2) is 69.7 Å². The molecular weight excluding hydrogens is 324 g/mol. The largest absolute Gasteiger partial charge is 0.481 e. The van der Waals surface area contributed by atoms with Crippen LogP contribution in [0.2, 0.25) is 0 Å². The van der Waals surface area contributed by atoms with Gasteiger partial charge in [-0.2, -0.15) is 0 Å². The zero-order valence-corrected chi connectivity index (χ0v) is 12.5. The Balaban J connectivity index is 1.98. The smallest absolute Gasteiger partial charge is 0.317 e. The molecule has 1 saturated heterocycles. The molecule has 1 fully saturated rings. The van der Waals surface area contributed by atoms with E-state index in [0.29, 0.717) is 5.75 Å². The lowest BCUT2D eigenvalue weighted by Gasteiger charge is -2.39. The molecule has 9 heteroatoms. The van der Waals surface area contributed by atoms with Gasteiger partial charge in [0.25, 0.3) is 0 Å². The van der Waals surface area contributed by atoms with E-state index in [9.17, 15) is 24.9 Å². The molecule has 0 unspecified atom stereocenters. The van der Waals surface area contributed by atoms with Gasteiger partial charge in [0.05, 0.1) is 0 Å². The molecule has 1 heterocycles. The normalized spacial score (nSPS) is 29.7. The highest BCUT2D eigenvalue weighted by molar-refractivity contribution is 5.90. The van der Waals surface area contributed by atoms with Gasteiger partial charge in [-0.15, -0.1) is 0 Å². The average Bonchev–Trinajstić information content (AvgIpc) is 2.54. The number of aliphatic hydroxyl groups excluding tert-OH is 3. The highest BCUT2D eigenvalue weighted by Crippen LogP contribution is 2.24. The van der Waals surface area contributed by atoms with E-state index >= 15 is 0 Å². The monoisotopic (exact) mass is 342 g/mol. The number of hydrogen-bond acceptors (Lipinski definition) is 8. The van der Waals surface area contributed by atoms with Crippen LogP contribution in [0.15, 0.2) is 30.3 Å². The zero-order valence-electron chi connectivity index (χ0n) is 12.5. The fourth-order valence-corrected chi connectivity index (χ4v) is 2.13. The Hall–Kier alpha value is -2.20. The van der Waals surface area contributed by atoms with Crippen molar-refractivity contribution in [1.82, 2.24) is 0 Å². The van der Waals surface area contributed by atoms with Crippen molar-refractivity contribution in [3.05, 3.63) is 30.3 Å². The minimum Gasteiger partial charge on any atom is -0.481 e. The SMILES string of the molecule is O=C(O)CC(=O)OC[C@H]1O[C@@H](Oc2ccccc2)[C@H](O)[C@@H](O)[C@@H]1O. The summed E-state index contributed by atoms with van der Waals surface area (Å²) in [6.07, 6.45) is -7.96. The number of para-hydroxylation sites is 1. The van der Waals surface area contributed by atoms with Gasteiger partial charge in [0.1, 0.15) is 43.2 Å². The maximum atomic E-state index is 11.2. The van der Waals surface area contributed by atoms with Crippen molar-refractivity contribution in [2.45, 2.75) is 37.1 Å². The second-order valence-electron chi connectivity index (χ2n) is 5.20. The Labute approximate surface area is 137 Å². The van der Waals surface area contributed by atoms with Crippen molar-refractivity contribution in [2.24, 2.45) is 0 Å². The van der Waals surface area contributed by atoms with Crippen LogP contribution in [0.5, 0.6) is 5.75 Å². The minimum atomic E-state index is -1.59. The minimum absolute atomic E-state index is 0.367. The highest BCUT2D eigenvalue weighted by atomic mass is 16.7. The number of benzene rings is 1. The Morgan fingerprint density at radius 3 is 2.33 bits per heavy atom. The lowest BCUT2D eigenvalue weighted by molar-refractivity contribution is -0.278. The molecule has 0 spiro atoms. The van der Waals surface area contributed by atoms with E-state index in [-0.39, 0.29) is 0 Å². The second kappa shape index (κ2) is 8.06. The van der Waals surface area contributed by atoms with E-state index in [1.54, 1.807) is 30.3 Å². The van der Waals surface area contributed by atoms with Crippen molar-refractivity contribution < 1.29 is 44.2 Å². The Morgan fingerprint density at radius 2 is 1.71 bits per heavy atom. The highest BCUT2D eigenvalue weighted by Gasteiger charge is 2.45. The molecule has 0 saturated carbocycles. The Bertz CT molecular complexity index is 561. The second-order valence-corrected chi connectivity index (χ2v) is 5.20. The molecule has 9 nitrogen and oxygen atoms in total. The van der Waals surface area contributed by atoms with Crippen LogP contribution in [0.25, 0.3) is 0 Å². The molecule has 5 atom stereocenters. The van der Waals surface area contributed by atoms with Gasteiger partial charge < -0.3 is 34.6 Å². The molecule has 1 aliphatic rings. The topological polar surface area (TPSA) is 143 Å². The van der Waals surface area contributed by atoms with Gasteiger partial charge in [-0.1, -0.05) is 18.2 Å². The van der Waals surface area contributed by atoms with Crippen molar-refractivity contribution in [2.75, 3.05) is 6.61 Å². The van der Waals surface area contributed by atoms with E-state index in [4.69, 9.17) is 19.3 Å². The van der Waals surface area contributed by atoms with E-state index in [1.165, 1.54) is 0 Å². The molecule has 0 aliphatic carbocycles. The predicted molar refractivity (Wildman–Crippen MR) is 77.0 cm³/mol. The molecule has 1 aliphatic heterocycles. The van der Waals surface area contributed by atoms with Gasteiger partial charge >= 0.3 is 11.9 Å². The predicted octanol–water partition coefficient (Wildman–Crippen LogP) is -1.11. The number of carboxylic acids is 1. The first-order chi connectivity index (χ1) is 11.4. The summed E-state index contributed by atoms with van der Waals surface area (Å²) in [4.78, 5) is 21.6. The van der Waals surface area contributed by atoms with Crippen LogP contribution >= 0.6 is 0 Å². The summed E-state index contributed by atoms with van der Waals surface area (Å²) >= 11 is 0. The van der Waals surface area contributed by atoms with Crippen LogP contribution in [0.1, 0.15) is 6.42 Å². The Morgan fingerprint density at radius 1 is 1.04 bits per heavy atom. The molecule has 24 heavy (non-hydrogen) atoms. The lowest BCUT2D eigenvalue weighted by atomic mass is 9.99. The van der Waals surface area contributed by atoms with E-state index < -0.39 is 55.7 Å². The van der Waals surface area contributed by atoms with Crippen LogP contribution in [0.4, 0.5) is 0 Å². The van der Waals surface area contributed by atoms with E-state index in [0.717, 1.165) is 0 Å². The molecule has 1 aromatic carbocycles. The van der Waals surface area contributed by atoms with Crippen molar-refractivity contribution in [1.29, 1.82) is 0 Å². The number of rotatable bonds is 6. The molecule has 0 radical (unpaired) electrons. The number of carbonyl (C=O) groups is 2. The molecule has 2 rings (SSSR count). The van der Waals surface area contributed by atoms with Crippen LogP contribution < -0.4 is 4.74 Å². The maximum absolute atomic E-state index is 11.2. The van der Waals surface area contributed by atoms with Crippen LogP contribution in [-0.2, 0) is 19.1 Å². The summed E-state index contributed by atoms with van der Waals surface area (Å²) in [5, 5.41) is 38.2. The first-order valence-corrected chi connectivity index (χ1v) is 7.17. The number of carbonyl (C=O) groups excluding carboxylic acids is 1. The summed E-state index contributed by atoms with van der Waals surface area (Å²) in [6, 6.07) is 8.36. The zero-order chi connectivity index (χ0) is 17.7. The molecule has 0 aromatic heterocycles. The third-order valence-corrected chi connectivity index (χ3v) is 3.37. The fraction of sp³-hybridized carbons (Fsp3) is 0.467. The number of esters is 1. The molecule has 0 bridgehead atoms. The van der Waals surface area contributed by atoms with Crippen LogP contribution in [0, 0.1) is 0 Å². The van der Waals surface area contributed by atoms with E-state index in [1.807, 2.05) is 0 Å². The third kappa shape index (κ3) is 4.65. The van der Waals surface area contributed by atoms with Gasteiger partial charge in [-0.25, -0.2) is 0 Å². The van der Waals surface area contributed by atoms with Crippen molar-refractivity contribution in [3.63, 3.8) is 0 Å². The molecule has 0 amide bonds. The summed E-state index contributed by atoms with van der Waals surface area (Å²) in [7, 11) is 0. The van der Waals surface area contributed by atoms with Crippen molar-refractivity contribution >= 4 is 11.9 Å². The quantitative estimate of drug-likeness (QED) is 0.374. The summed E-state index contributed by atoms with van der Waals surface area (Å²) in [5.41, 5.74) is 0. The molecule has 4 N–H and O–H groups in total. The average molecular weight is 342 g/mol. The number of carboxylic acid groups (broad SMARTS) is 1. The van der Waals surface area contributed by atoms with Crippen LogP contribution in [0.3, 0.4) is 0 Å². The maximum Gasteiger partial charge on any atom is 0.317 e. The molecule has 132 valence electrons.